The number of halogens is 1. The minimum absolute atomic E-state index is 0.0382. The van der Waals surface area contributed by atoms with Crippen LogP contribution >= 0.6 is 11.6 Å². The van der Waals surface area contributed by atoms with E-state index in [0.29, 0.717) is 39.9 Å². The lowest BCUT2D eigenvalue weighted by Crippen LogP contribution is -2.15. The van der Waals surface area contributed by atoms with Gasteiger partial charge in [-0.05, 0) is 42.3 Å². The summed E-state index contributed by atoms with van der Waals surface area (Å²) in [4.78, 5) is 15.5. The first-order chi connectivity index (χ1) is 15.4. The van der Waals surface area contributed by atoms with Crippen molar-refractivity contribution < 1.29 is 13.9 Å². The Kier molecular flexibility index (Phi) is 5.71. The molecule has 2 aromatic carbocycles. The number of aromatic nitrogens is 1. The highest BCUT2D eigenvalue weighted by molar-refractivity contribution is 6.30. The third kappa shape index (κ3) is 3.96. The number of nitriles is 1. The van der Waals surface area contributed by atoms with Crippen molar-refractivity contribution in [3.8, 4) is 28.7 Å². The number of nitrogens with one attached hydrogen (secondary N) is 2. The van der Waals surface area contributed by atoms with Gasteiger partial charge in [-0.3, -0.25) is 10.2 Å². The number of hydrogen-bond acceptors (Lipinski definition) is 6. The van der Waals surface area contributed by atoms with Gasteiger partial charge in [0, 0.05) is 22.3 Å². The lowest BCUT2D eigenvalue weighted by atomic mass is 9.97. The Labute approximate surface area is 187 Å². The molecule has 0 saturated heterocycles. The van der Waals surface area contributed by atoms with Crippen LogP contribution in [0.15, 0.2) is 57.7 Å². The first kappa shape index (κ1) is 21.2. The maximum Gasteiger partial charge on any atom is 0.259 e. The number of rotatable bonds is 5. The molecule has 32 heavy (non-hydrogen) atoms. The van der Waals surface area contributed by atoms with Crippen molar-refractivity contribution in [1.29, 1.82) is 10.7 Å². The van der Waals surface area contributed by atoms with Gasteiger partial charge in [0.25, 0.3) is 5.56 Å². The number of benzene rings is 2. The number of methoxy groups -OCH3 is 1. The topological polar surface area (TPSA) is 112 Å². The summed E-state index contributed by atoms with van der Waals surface area (Å²) < 4.78 is 16.8. The highest BCUT2D eigenvalue weighted by Crippen LogP contribution is 2.36. The molecule has 0 aliphatic heterocycles. The molecule has 0 radical (unpaired) electrons. The minimum atomic E-state index is -0.405. The first-order valence-corrected chi connectivity index (χ1v) is 10.00. The van der Waals surface area contributed by atoms with E-state index in [4.69, 9.17) is 30.9 Å². The van der Waals surface area contributed by atoms with Crippen molar-refractivity contribution in [3.63, 3.8) is 0 Å². The first-order valence-electron chi connectivity index (χ1n) is 9.62. The van der Waals surface area contributed by atoms with Crippen LogP contribution in [0.2, 0.25) is 5.02 Å². The van der Waals surface area contributed by atoms with E-state index in [2.05, 4.69) is 4.98 Å². The molecule has 0 spiro atoms. The van der Waals surface area contributed by atoms with E-state index in [0.717, 1.165) is 5.56 Å². The third-order valence-corrected chi connectivity index (χ3v) is 5.19. The zero-order valence-corrected chi connectivity index (χ0v) is 18.0. The third-order valence-electron chi connectivity index (χ3n) is 4.94. The van der Waals surface area contributed by atoms with Gasteiger partial charge in [0.2, 0.25) is 5.55 Å². The summed E-state index contributed by atoms with van der Waals surface area (Å²) in [5.74, 6) is 0.912. The highest BCUT2D eigenvalue weighted by Gasteiger charge is 2.19. The van der Waals surface area contributed by atoms with Crippen molar-refractivity contribution >= 4 is 22.6 Å². The normalized spacial score (nSPS) is 10.7. The molecule has 2 aromatic heterocycles. The molecule has 2 heterocycles. The zero-order chi connectivity index (χ0) is 22.8. The molecule has 0 saturated carbocycles. The molecule has 4 aromatic rings. The molecule has 8 heteroatoms. The van der Waals surface area contributed by atoms with Gasteiger partial charge in [-0.1, -0.05) is 29.8 Å². The fourth-order valence-electron chi connectivity index (χ4n) is 3.45. The van der Waals surface area contributed by atoms with E-state index in [9.17, 15) is 10.1 Å². The molecule has 0 aliphatic rings. The molecule has 0 unspecified atom stereocenters. The Morgan fingerprint density at radius 3 is 2.59 bits per heavy atom. The van der Waals surface area contributed by atoms with Gasteiger partial charge in [-0.15, -0.1) is 0 Å². The van der Waals surface area contributed by atoms with Gasteiger partial charge in [0.15, 0.2) is 11.5 Å². The Morgan fingerprint density at radius 2 is 1.91 bits per heavy atom. The Balaban J connectivity index is 1.82. The smallest absolute Gasteiger partial charge is 0.259 e. The molecule has 7 nitrogen and oxygen atoms in total. The van der Waals surface area contributed by atoms with Gasteiger partial charge >= 0.3 is 0 Å². The van der Waals surface area contributed by atoms with Gasteiger partial charge in [0.05, 0.1) is 12.5 Å². The molecule has 2 N–H and O–H groups in total. The summed E-state index contributed by atoms with van der Waals surface area (Å²) in [6.45, 7) is 2.02. The van der Waals surface area contributed by atoms with Crippen molar-refractivity contribution in [2.45, 2.75) is 13.5 Å². The average molecular weight is 448 g/mol. The zero-order valence-electron chi connectivity index (χ0n) is 17.3. The van der Waals surface area contributed by atoms with Crippen LogP contribution in [0.4, 0.5) is 0 Å². The van der Waals surface area contributed by atoms with Crippen molar-refractivity contribution in [1.82, 2.24) is 4.98 Å². The summed E-state index contributed by atoms with van der Waals surface area (Å²) in [5.41, 5.74) is 1.83. The number of aromatic amines is 1. The van der Waals surface area contributed by atoms with E-state index < -0.39 is 5.56 Å². The van der Waals surface area contributed by atoms with E-state index in [1.165, 1.54) is 7.11 Å². The van der Waals surface area contributed by atoms with Crippen molar-refractivity contribution in [3.05, 3.63) is 86.3 Å². The SMILES string of the molecule is COc1cc(-c2c(C#N)c(=N)oc3cc(C)[nH]c(=O)c23)ccc1OCc1ccc(Cl)cc1. The highest BCUT2D eigenvalue weighted by atomic mass is 35.5. The second-order valence-corrected chi connectivity index (χ2v) is 7.53. The number of hydrogen-bond donors (Lipinski definition) is 2. The standard InChI is InChI=1S/C24H18ClN3O4/c1-13-9-20-22(24(29)28-13)21(17(11-26)23(27)32-20)15-5-8-18(19(10-15)30-2)31-12-14-3-6-16(25)7-4-14/h3-10,27H,12H2,1-2H3,(H,28,29). The van der Waals surface area contributed by atoms with Crippen LogP contribution in [0.3, 0.4) is 0 Å². The second kappa shape index (κ2) is 8.61. The fourth-order valence-corrected chi connectivity index (χ4v) is 3.58. The summed E-state index contributed by atoms with van der Waals surface area (Å²) in [6, 6.07) is 16.0. The number of ether oxygens (including phenoxy) is 2. The summed E-state index contributed by atoms with van der Waals surface area (Å²) in [7, 11) is 1.50. The van der Waals surface area contributed by atoms with Crippen LogP contribution in [0.25, 0.3) is 22.1 Å². The maximum absolute atomic E-state index is 12.7. The molecule has 4 rings (SSSR count). The van der Waals surface area contributed by atoms with Crippen LogP contribution in [-0.4, -0.2) is 12.1 Å². The summed E-state index contributed by atoms with van der Waals surface area (Å²) in [6.07, 6.45) is 0. The average Bonchev–Trinajstić information content (AvgIpc) is 2.77. The number of H-pyrrole nitrogens is 1. The van der Waals surface area contributed by atoms with Crippen LogP contribution < -0.4 is 20.6 Å². The molecular weight excluding hydrogens is 430 g/mol. The van der Waals surface area contributed by atoms with Crippen molar-refractivity contribution in [2.75, 3.05) is 7.11 Å². The van der Waals surface area contributed by atoms with Crippen molar-refractivity contribution in [2.24, 2.45) is 0 Å². The molecule has 0 aliphatic carbocycles. The predicted octanol–water partition coefficient (Wildman–Crippen LogP) is 4.69. The van der Waals surface area contributed by atoms with Crippen LogP contribution in [0, 0.1) is 23.7 Å². The molecule has 0 amide bonds. The Hall–Kier alpha value is -4.02. The van der Waals surface area contributed by atoms with E-state index in [1.54, 1.807) is 43.3 Å². The second-order valence-electron chi connectivity index (χ2n) is 7.09. The molecular formula is C24H18ClN3O4. The van der Waals surface area contributed by atoms with Gasteiger partial charge < -0.3 is 18.9 Å². The number of pyridine rings is 1. The lowest BCUT2D eigenvalue weighted by Gasteiger charge is -2.14. The molecule has 0 fully saturated rings. The summed E-state index contributed by atoms with van der Waals surface area (Å²) in [5, 5.41) is 18.6. The molecule has 0 bridgehead atoms. The van der Waals surface area contributed by atoms with Crippen LogP contribution in [0.5, 0.6) is 11.5 Å². The Morgan fingerprint density at radius 1 is 1.16 bits per heavy atom. The number of fused-ring (bicyclic) bond motifs is 1. The Bertz CT molecular complexity index is 1480. The van der Waals surface area contributed by atoms with Gasteiger partial charge in [-0.2, -0.15) is 5.26 Å². The van der Waals surface area contributed by atoms with E-state index >= 15 is 0 Å². The monoisotopic (exact) mass is 447 g/mol. The maximum atomic E-state index is 12.7. The summed E-state index contributed by atoms with van der Waals surface area (Å²) >= 11 is 5.92. The van der Waals surface area contributed by atoms with Gasteiger partial charge in [-0.25, -0.2) is 0 Å². The quantitative estimate of drug-likeness (QED) is 0.461. The fraction of sp³-hybridized carbons (Fsp3) is 0.125. The largest absolute Gasteiger partial charge is 0.493 e. The number of nitrogens with zero attached hydrogens (tertiary/aromatic N) is 1. The minimum Gasteiger partial charge on any atom is -0.493 e. The van der Waals surface area contributed by atoms with Crippen LogP contribution in [-0.2, 0) is 6.61 Å². The van der Waals surface area contributed by atoms with Gasteiger partial charge in [0.1, 0.15) is 23.8 Å². The molecule has 0 atom stereocenters. The molecule has 160 valence electrons. The lowest BCUT2D eigenvalue weighted by molar-refractivity contribution is 0.284. The predicted molar refractivity (Wildman–Crippen MR) is 120 cm³/mol. The number of aryl methyl sites for hydroxylation is 1. The van der Waals surface area contributed by atoms with Crippen LogP contribution in [0.1, 0.15) is 16.8 Å². The van der Waals surface area contributed by atoms with E-state index in [-0.39, 0.29) is 22.1 Å². The van der Waals surface area contributed by atoms with E-state index in [1.807, 2.05) is 18.2 Å².